The number of hydrogen-bond donors (Lipinski definition) is 3. The normalized spacial score (nSPS) is 30.1. The van der Waals surface area contributed by atoms with E-state index in [2.05, 4.69) is 40.7 Å². The number of hydrogen-bond acceptors (Lipinski definition) is 19. The summed E-state index contributed by atoms with van der Waals surface area (Å²) in [4.78, 5) is 56.3. The van der Waals surface area contributed by atoms with Gasteiger partial charge in [0.1, 0.15) is 43.1 Å². The lowest BCUT2D eigenvalue weighted by molar-refractivity contribution is -0.118. The maximum atomic E-state index is 14.7. The lowest BCUT2D eigenvalue weighted by atomic mass is 10.0. The van der Waals surface area contributed by atoms with Crippen LogP contribution in [0.3, 0.4) is 0 Å². The van der Waals surface area contributed by atoms with Crippen molar-refractivity contribution in [3.63, 3.8) is 0 Å². The van der Waals surface area contributed by atoms with Gasteiger partial charge in [0.2, 0.25) is 11.9 Å². The van der Waals surface area contributed by atoms with Gasteiger partial charge in [0, 0.05) is 25.6 Å². The Kier molecular flexibility index (Phi) is 13.0. The number of anilines is 2. The molecule has 5 aromatic rings. The molecule has 8 rings (SSSR count). The second kappa shape index (κ2) is 18.0. The fourth-order valence-electron chi connectivity index (χ4n) is 7.38. The van der Waals surface area contributed by atoms with E-state index >= 15 is 0 Å². The van der Waals surface area contributed by atoms with Crippen LogP contribution in [0.15, 0.2) is 54.1 Å². The molecule has 3 aliphatic rings. The van der Waals surface area contributed by atoms with Crippen molar-refractivity contribution in [2.45, 2.75) is 103 Å². The van der Waals surface area contributed by atoms with Gasteiger partial charge in [0.15, 0.2) is 48.4 Å². The van der Waals surface area contributed by atoms with Gasteiger partial charge in [-0.15, -0.1) is 0 Å². The summed E-state index contributed by atoms with van der Waals surface area (Å²) >= 11 is 0. The number of carbonyl (C=O) groups excluding carboxylic acids is 1. The first-order valence-electron chi connectivity index (χ1n) is 21.0. The number of ether oxygens (including phenoxy) is 2. The Labute approximate surface area is 374 Å². The second-order valence-electron chi connectivity index (χ2n) is 17.9. The first kappa shape index (κ1) is 47.1. The number of para-hydroxylation sites is 1. The van der Waals surface area contributed by atoms with Gasteiger partial charge in [-0.3, -0.25) is 51.7 Å². The van der Waals surface area contributed by atoms with Gasteiger partial charge in [-0.1, -0.05) is 59.7 Å². The minimum atomic E-state index is -4.46. The molecule has 2 bridgehead atoms. The van der Waals surface area contributed by atoms with Crippen LogP contribution >= 0.6 is 15.4 Å². The molecule has 26 heteroatoms. The summed E-state index contributed by atoms with van der Waals surface area (Å²) in [7, 11) is -10.1. The molecule has 352 valence electrons. The number of amides is 1. The minimum Gasteiger partial charge on any atom is -0.408 e. The van der Waals surface area contributed by atoms with E-state index in [1.165, 1.54) is 37.3 Å². The molecule has 7 heterocycles. The van der Waals surface area contributed by atoms with Crippen LogP contribution in [0.1, 0.15) is 54.0 Å². The van der Waals surface area contributed by atoms with E-state index in [0.29, 0.717) is 22.7 Å². The molecular formula is C39H54N10O13P2Si. The van der Waals surface area contributed by atoms with Gasteiger partial charge < -0.3 is 23.3 Å². The van der Waals surface area contributed by atoms with E-state index in [-0.39, 0.29) is 34.7 Å². The van der Waals surface area contributed by atoms with Crippen LogP contribution < -0.4 is 21.2 Å². The van der Waals surface area contributed by atoms with Crippen LogP contribution in [-0.4, -0.2) is 111 Å². The first-order valence-corrected chi connectivity index (χ1v) is 27.3. The van der Waals surface area contributed by atoms with Crippen molar-refractivity contribution in [3.05, 3.63) is 59.7 Å². The highest BCUT2D eigenvalue weighted by Gasteiger charge is 2.56. The molecule has 3 fully saturated rings. The molecule has 1 aromatic carbocycles. The van der Waals surface area contributed by atoms with Crippen molar-refractivity contribution in [2.24, 2.45) is 11.8 Å². The SMILES string of the molecule is COP1(=O)OC[C@H]2O[C@@H](n3cnc4c(=O)[nH]c(NC(=O)C(C)C)nc43)C(OP(C)(=O)OC[C@H]3O[C@@H](n4cnc5c(NOc6ccccc6)ncnc54)C(C)[C@H]3O1)[C@H]2O[Si](C)(C)C(C)(C)C. The van der Waals surface area contributed by atoms with Crippen molar-refractivity contribution in [1.82, 2.24) is 39.0 Å². The van der Waals surface area contributed by atoms with Gasteiger partial charge in [-0.2, -0.15) is 4.98 Å². The Morgan fingerprint density at radius 3 is 2.29 bits per heavy atom. The number of carbonyl (C=O) groups is 1. The molecular weight excluding hydrogens is 907 g/mol. The molecule has 65 heavy (non-hydrogen) atoms. The highest BCUT2D eigenvalue weighted by atomic mass is 31.2. The predicted molar refractivity (Wildman–Crippen MR) is 236 cm³/mol. The van der Waals surface area contributed by atoms with Crippen molar-refractivity contribution in [3.8, 4) is 5.75 Å². The number of benzene rings is 1. The third-order valence-electron chi connectivity index (χ3n) is 11.9. The summed E-state index contributed by atoms with van der Waals surface area (Å²) < 4.78 is 83.1. The third kappa shape index (κ3) is 9.57. The zero-order valence-corrected chi connectivity index (χ0v) is 40.4. The van der Waals surface area contributed by atoms with Crippen LogP contribution in [0.25, 0.3) is 22.3 Å². The van der Waals surface area contributed by atoms with Crippen LogP contribution in [-0.2, 0) is 50.4 Å². The molecule has 3 N–H and O–H groups in total. The average Bonchev–Trinajstić information content (AvgIpc) is 4.02. The monoisotopic (exact) mass is 960 g/mol. The van der Waals surface area contributed by atoms with Crippen LogP contribution in [0, 0.1) is 11.8 Å². The van der Waals surface area contributed by atoms with Gasteiger partial charge in [0.25, 0.3) is 5.56 Å². The molecule has 4 aromatic heterocycles. The van der Waals surface area contributed by atoms with Crippen LogP contribution in [0.4, 0.5) is 11.8 Å². The zero-order chi connectivity index (χ0) is 46.6. The largest absolute Gasteiger partial charge is 0.474 e. The maximum absolute atomic E-state index is 14.7. The van der Waals surface area contributed by atoms with Gasteiger partial charge in [0.05, 0.1) is 25.9 Å². The summed E-state index contributed by atoms with van der Waals surface area (Å²) in [6.07, 6.45) is -3.26. The van der Waals surface area contributed by atoms with Gasteiger partial charge in [-0.25, -0.2) is 30.0 Å². The second-order valence-corrected chi connectivity index (χ2v) is 26.4. The topological polar surface area (TPSA) is 266 Å². The number of phosphoric ester groups is 1. The first-order chi connectivity index (χ1) is 30.7. The van der Waals surface area contributed by atoms with E-state index < -0.39 is 90.7 Å². The highest BCUT2D eigenvalue weighted by molar-refractivity contribution is 7.53. The lowest BCUT2D eigenvalue weighted by Crippen LogP contribution is -2.50. The summed E-state index contributed by atoms with van der Waals surface area (Å²) in [5.41, 5.74) is 2.90. The van der Waals surface area contributed by atoms with E-state index in [1.54, 1.807) is 30.5 Å². The number of rotatable bonds is 10. The maximum Gasteiger partial charge on any atom is 0.474 e. The lowest BCUT2D eigenvalue weighted by Gasteiger charge is -2.40. The Morgan fingerprint density at radius 2 is 1.60 bits per heavy atom. The standard InChI is InChI=1S/C39H54N10O13P2Si/c1-21(2)34(50)45-38-44-33-27(35(51)46-38)43-20-49(33)37-30-29(62-65(9,10)39(4,5)6)25(58-37)17-56-64(53,54-7)61-28-22(3)36(57-24(28)16-55-63(8,52)60-30)48-19-42-26-31(40-18-41-32(26)48)47-59-23-14-12-11-13-15-23/h11-15,18-22,24-25,28-30,36-37H,16-17H2,1-10H3,(H,40,41,47)(H2,44,45,46,50,51)/t22?,24-,25-,28-,29+,30?,36-,37-,63?,64?/m1/s1. The molecule has 10 atom stereocenters. The number of aromatic nitrogens is 8. The fourth-order valence-corrected chi connectivity index (χ4v) is 11.0. The Balaban J connectivity index is 1.13. The van der Waals surface area contributed by atoms with Crippen molar-refractivity contribution in [2.75, 3.05) is 37.8 Å². The van der Waals surface area contributed by atoms with Gasteiger partial charge in [-0.05, 0) is 30.3 Å². The third-order valence-corrected chi connectivity index (χ3v) is 19.1. The summed E-state index contributed by atoms with van der Waals surface area (Å²) in [5, 5.41) is 2.28. The highest BCUT2D eigenvalue weighted by Crippen LogP contribution is 2.57. The van der Waals surface area contributed by atoms with E-state index in [0.717, 1.165) is 0 Å². The number of fused-ring (bicyclic) bond motifs is 5. The molecule has 0 aliphatic carbocycles. The summed E-state index contributed by atoms with van der Waals surface area (Å²) in [6, 6.07) is 9.08. The molecule has 0 spiro atoms. The Bertz CT molecular complexity index is 2700. The van der Waals surface area contributed by atoms with Crippen LogP contribution in [0.2, 0.25) is 18.1 Å². The number of H-pyrrole nitrogens is 1. The Hall–Kier alpha value is -4.45. The molecule has 3 aliphatic heterocycles. The van der Waals surface area contributed by atoms with Crippen molar-refractivity contribution < 1.29 is 55.3 Å². The predicted octanol–water partition coefficient (Wildman–Crippen LogP) is 6.18. The zero-order valence-electron chi connectivity index (χ0n) is 37.6. The van der Waals surface area contributed by atoms with Crippen molar-refractivity contribution >= 4 is 63.7 Å². The number of imidazole rings is 2. The fraction of sp³-hybridized carbons (Fsp3) is 0.564. The van der Waals surface area contributed by atoms with E-state index in [4.69, 9.17) is 41.4 Å². The molecule has 0 saturated carbocycles. The van der Waals surface area contributed by atoms with Gasteiger partial charge >= 0.3 is 15.4 Å². The quantitative estimate of drug-likeness (QED) is 0.0802. The minimum absolute atomic E-state index is 0.0177. The van der Waals surface area contributed by atoms with E-state index in [1.807, 2.05) is 59.0 Å². The smallest absolute Gasteiger partial charge is 0.408 e. The molecule has 1 amide bonds. The number of aromatic amines is 1. The molecule has 23 nitrogen and oxygen atoms in total. The number of nitrogens with zero attached hydrogens (tertiary/aromatic N) is 7. The Morgan fingerprint density at radius 1 is 0.923 bits per heavy atom. The molecule has 0 radical (unpaired) electrons. The van der Waals surface area contributed by atoms with Crippen molar-refractivity contribution in [1.29, 1.82) is 0 Å². The number of nitrogens with one attached hydrogen (secondary N) is 3. The summed E-state index contributed by atoms with van der Waals surface area (Å²) in [6.45, 7) is 15.9. The summed E-state index contributed by atoms with van der Waals surface area (Å²) in [5.74, 6) is -0.668. The van der Waals surface area contributed by atoms with E-state index in [9.17, 15) is 18.7 Å². The molecule has 4 unspecified atom stereocenters. The number of phosphoric acid groups is 1. The average molecular weight is 961 g/mol. The van der Waals surface area contributed by atoms with Crippen LogP contribution in [0.5, 0.6) is 5.75 Å². The molecule has 3 saturated heterocycles.